The van der Waals surface area contributed by atoms with Gasteiger partial charge in [-0.15, -0.1) is 0 Å². The smallest absolute Gasteiger partial charge is 0.227 e. The molecule has 2 aromatic carbocycles. The third-order valence-electron chi connectivity index (χ3n) is 3.87. The van der Waals surface area contributed by atoms with Crippen LogP contribution in [0.5, 0.6) is 0 Å². The van der Waals surface area contributed by atoms with Crippen molar-refractivity contribution in [3.8, 4) is 0 Å². The van der Waals surface area contributed by atoms with E-state index in [9.17, 15) is 0 Å². The lowest BCUT2D eigenvalue weighted by Gasteiger charge is -2.11. The highest BCUT2D eigenvalue weighted by molar-refractivity contribution is 6.05. The van der Waals surface area contributed by atoms with Crippen LogP contribution in [0.15, 0.2) is 67.0 Å². The van der Waals surface area contributed by atoms with Crippen molar-refractivity contribution in [3.63, 3.8) is 0 Å². The predicted molar refractivity (Wildman–Crippen MR) is 87.9 cm³/mol. The topological polar surface area (TPSA) is 41.7 Å². The number of fused-ring (bicyclic) bond motifs is 2. The van der Waals surface area contributed by atoms with Crippen molar-refractivity contribution in [2.45, 2.75) is 0 Å². The van der Waals surface area contributed by atoms with Gasteiger partial charge >= 0.3 is 0 Å². The zero-order chi connectivity index (χ0) is 14.9. The maximum Gasteiger partial charge on any atom is 0.227 e. The average Bonchev–Trinajstić information content (AvgIpc) is 2.59. The predicted octanol–water partition coefficient (Wildman–Crippen LogP) is 3.35. The summed E-state index contributed by atoms with van der Waals surface area (Å²) in [6.07, 6.45) is 3.48. The van der Waals surface area contributed by atoms with Crippen LogP contribution in [0.3, 0.4) is 0 Å². The molecule has 22 heavy (non-hydrogen) atoms. The van der Waals surface area contributed by atoms with E-state index in [2.05, 4.69) is 63.3 Å². The van der Waals surface area contributed by atoms with Crippen molar-refractivity contribution in [3.05, 3.63) is 67.0 Å². The third-order valence-corrected chi connectivity index (χ3v) is 3.87. The molecule has 0 atom stereocenters. The van der Waals surface area contributed by atoms with Gasteiger partial charge < -0.3 is 5.32 Å². The third kappa shape index (κ3) is 1.97. The summed E-state index contributed by atoms with van der Waals surface area (Å²) in [4.78, 5) is 8.56. The Morgan fingerprint density at radius 1 is 0.773 bits per heavy atom. The number of pyridine rings is 1. The van der Waals surface area contributed by atoms with Crippen LogP contribution in [-0.4, -0.2) is 9.97 Å². The zero-order valence-electron chi connectivity index (χ0n) is 12.2. The number of aromatic nitrogens is 3. The molecule has 0 spiro atoms. The molecule has 0 saturated heterocycles. The molecule has 4 nitrogen and oxygen atoms in total. The van der Waals surface area contributed by atoms with Gasteiger partial charge in [0.2, 0.25) is 17.0 Å². The Bertz CT molecular complexity index is 907. The zero-order valence-corrected chi connectivity index (χ0v) is 12.2. The van der Waals surface area contributed by atoms with Crippen molar-refractivity contribution in [2.75, 3.05) is 5.32 Å². The highest BCUT2D eigenvalue weighted by Crippen LogP contribution is 2.30. The number of hydrogen-bond donors (Lipinski definition) is 1. The number of nitrogens with zero attached hydrogens (tertiary/aromatic N) is 3. The number of benzene rings is 2. The normalized spacial score (nSPS) is 11.0. The molecule has 0 radical (unpaired) electrons. The van der Waals surface area contributed by atoms with Crippen molar-refractivity contribution in [1.82, 2.24) is 9.97 Å². The van der Waals surface area contributed by atoms with Crippen molar-refractivity contribution in [2.24, 2.45) is 7.05 Å². The Balaban J connectivity index is 2.07. The average molecular weight is 287 g/mol. The van der Waals surface area contributed by atoms with Gasteiger partial charge in [0.15, 0.2) is 0 Å². The minimum atomic E-state index is 0.603. The summed E-state index contributed by atoms with van der Waals surface area (Å²) in [5.41, 5.74) is 3.37. The molecule has 0 saturated carbocycles. The van der Waals surface area contributed by atoms with Gasteiger partial charge in [-0.25, -0.2) is 9.97 Å². The van der Waals surface area contributed by atoms with Gasteiger partial charge in [0, 0.05) is 24.5 Å². The lowest BCUT2D eigenvalue weighted by atomic mass is 10.1. The van der Waals surface area contributed by atoms with E-state index in [1.165, 1.54) is 11.0 Å². The van der Waals surface area contributed by atoms with Crippen LogP contribution >= 0.6 is 0 Å². The number of rotatable bonds is 2. The lowest BCUT2D eigenvalue weighted by Crippen LogP contribution is -2.30. The first-order valence-corrected chi connectivity index (χ1v) is 7.18. The molecule has 0 fully saturated rings. The Labute approximate surface area is 128 Å². The van der Waals surface area contributed by atoms with Crippen LogP contribution in [0, 0.1) is 0 Å². The molecule has 0 aliphatic carbocycles. The molecule has 1 N–H and O–H groups in total. The molecular weight excluding hydrogens is 272 g/mol. The van der Waals surface area contributed by atoms with E-state index in [0.717, 1.165) is 16.5 Å². The van der Waals surface area contributed by atoms with Crippen LogP contribution in [0.25, 0.3) is 21.8 Å². The van der Waals surface area contributed by atoms with Crippen LogP contribution in [0.4, 0.5) is 11.6 Å². The van der Waals surface area contributed by atoms with Crippen LogP contribution in [-0.2, 0) is 7.05 Å². The van der Waals surface area contributed by atoms with Gasteiger partial charge in [0.1, 0.15) is 7.05 Å². The van der Waals surface area contributed by atoms with Gasteiger partial charge in [0.25, 0.3) is 0 Å². The molecule has 2 heterocycles. The Hall–Kier alpha value is -3.01. The van der Waals surface area contributed by atoms with Gasteiger partial charge in [-0.3, -0.25) is 0 Å². The Kier molecular flexibility index (Phi) is 2.93. The minimum Gasteiger partial charge on any atom is -0.323 e. The monoisotopic (exact) mass is 287 g/mol. The molecule has 0 bridgehead atoms. The van der Waals surface area contributed by atoms with E-state index < -0.39 is 0 Å². The summed E-state index contributed by atoms with van der Waals surface area (Å²) in [5.74, 6) is 0.603. The van der Waals surface area contributed by atoms with Gasteiger partial charge in [0.05, 0.1) is 16.5 Å². The maximum atomic E-state index is 4.28. The number of hydrogen-bond acceptors (Lipinski definition) is 3. The molecule has 0 aliphatic rings. The summed E-state index contributed by atoms with van der Waals surface area (Å²) < 4.78 is 2.21. The quantitative estimate of drug-likeness (QED) is 0.454. The number of nitrogens with one attached hydrogen (secondary N) is 1. The number of anilines is 2. The fourth-order valence-corrected chi connectivity index (χ4v) is 2.84. The van der Waals surface area contributed by atoms with E-state index in [4.69, 9.17) is 0 Å². The second-order valence-electron chi connectivity index (χ2n) is 5.17. The van der Waals surface area contributed by atoms with Gasteiger partial charge in [-0.05, 0) is 18.2 Å². The van der Waals surface area contributed by atoms with Crippen molar-refractivity contribution >= 4 is 33.4 Å². The van der Waals surface area contributed by atoms with Crippen molar-refractivity contribution in [1.29, 1.82) is 0 Å². The largest absolute Gasteiger partial charge is 0.323 e. The van der Waals surface area contributed by atoms with Crippen LogP contribution < -0.4 is 9.88 Å². The first kappa shape index (κ1) is 12.7. The molecule has 0 unspecified atom stereocenters. The Morgan fingerprint density at radius 3 is 1.91 bits per heavy atom. The van der Waals surface area contributed by atoms with Gasteiger partial charge in [-0.2, -0.15) is 4.57 Å². The SMILES string of the molecule is C[n+]1c2ccccc2c(Nc2ncccn2)c2ccccc21. The molecule has 4 rings (SSSR count). The van der Waals surface area contributed by atoms with E-state index in [1.54, 1.807) is 12.4 Å². The van der Waals surface area contributed by atoms with Gasteiger partial charge in [-0.1, -0.05) is 24.3 Å². The standard InChI is InChI=1S/C18H14N4/c1-22-15-9-4-2-7-13(15)17(14-8-3-5-10-16(14)22)21-18-19-11-6-12-20-18/h2-12H,1H3/p+1. The van der Waals surface area contributed by atoms with E-state index >= 15 is 0 Å². The fourth-order valence-electron chi connectivity index (χ4n) is 2.84. The van der Waals surface area contributed by atoms with Crippen LogP contribution in [0.2, 0.25) is 0 Å². The summed E-state index contributed by atoms with van der Waals surface area (Å²) in [6.45, 7) is 0. The number of aryl methyl sites for hydroxylation is 1. The molecular formula is C18H15N4+. The highest BCUT2D eigenvalue weighted by Gasteiger charge is 2.17. The first-order chi connectivity index (χ1) is 10.8. The van der Waals surface area contributed by atoms with E-state index in [-0.39, 0.29) is 0 Å². The summed E-state index contributed by atoms with van der Waals surface area (Å²) in [7, 11) is 2.09. The molecule has 0 aliphatic heterocycles. The van der Waals surface area contributed by atoms with Crippen molar-refractivity contribution < 1.29 is 4.57 Å². The lowest BCUT2D eigenvalue weighted by molar-refractivity contribution is -0.617. The highest BCUT2D eigenvalue weighted by atomic mass is 15.1. The molecule has 106 valence electrons. The maximum absolute atomic E-state index is 4.28. The molecule has 4 aromatic rings. The second kappa shape index (κ2) is 5.07. The fraction of sp³-hybridized carbons (Fsp3) is 0.0556. The molecule has 4 heteroatoms. The summed E-state index contributed by atoms with van der Waals surface area (Å²) >= 11 is 0. The van der Waals surface area contributed by atoms with E-state index in [1.807, 2.05) is 18.2 Å². The van der Waals surface area contributed by atoms with Crippen LogP contribution in [0.1, 0.15) is 0 Å². The molecule has 0 amide bonds. The Morgan fingerprint density at radius 2 is 1.32 bits per heavy atom. The summed E-state index contributed by atoms with van der Waals surface area (Å²) in [6, 6.07) is 18.5. The second-order valence-corrected chi connectivity index (χ2v) is 5.17. The first-order valence-electron chi connectivity index (χ1n) is 7.18. The summed E-state index contributed by atoms with van der Waals surface area (Å²) in [5, 5.41) is 5.68. The number of para-hydroxylation sites is 2. The minimum absolute atomic E-state index is 0.603. The molecule has 2 aromatic heterocycles. The van der Waals surface area contributed by atoms with E-state index in [0.29, 0.717) is 5.95 Å².